The van der Waals surface area contributed by atoms with Crippen molar-refractivity contribution in [2.24, 2.45) is 0 Å². The van der Waals surface area contributed by atoms with Gasteiger partial charge in [-0.15, -0.1) is 0 Å². The first-order valence-electron chi connectivity index (χ1n) is 14.3. The Balaban J connectivity index is 1.31. The van der Waals surface area contributed by atoms with E-state index in [9.17, 15) is 8.42 Å². The molecule has 0 amide bonds. The molecule has 2 aliphatic heterocycles. The number of anilines is 7. The number of methoxy groups -OCH3 is 1. The van der Waals surface area contributed by atoms with Gasteiger partial charge in [0.15, 0.2) is 5.82 Å². The summed E-state index contributed by atoms with van der Waals surface area (Å²) in [5.74, 6) is 1.18. The minimum absolute atomic E-state index is 0.263. The molecule has 4 N–H and O–H groups in total. The van der Waals surface area contributed by atoms with Crippen LogP contribution in [0, 0.1) is 0 Å². The Morgan fingerprint density at radius 1 is 1.05 bits per heavy atom. The van der Waals surface area contributed by atoms with Crippen LogP contribution in [0.2, 0.25) is 5.02 Å². The second-order valence-corrected chi connectivity index (χ2v) is 13.5. The van der Waals surface area contributed by atoms with Crippen LogP contribution in [0.15, 0.2) is 42.6 Å². The highest BCUT2D eigenvalue weighted by molar-refractivity contribution is 7.92. The summed E-state index contributed by atoms with van der Waals surface area (Å²) in [7, 11) is 1.81. The van der Waals surface area contributed by atoms with Crippen LogP contribution in [0.5, 0.6) is 5.75 Å². The molecule has 3 aromatic rings. The van der Waals surface area contributed by atoms with Crippen LogP contribution >= 0.6 is 11.6 Å². The van der Waals surface area contributed by atoms with Crippen LogP contribution in [0.4, 0.5) is 40.2 Å². The highest BCUT2D eigenvalue weighted by atomic mass is 35.5. The quantitative estimate of drug-likeness (QED) is 0.298. The van der Waals surface area contributed by atoms with Crippen LogP contribution < -0.4 is 30.3 Å². The number of sulfonamides is 1. The zero-order valence-corrected chi connectivity index (χ0v) is 26.6. The van der Waals surface area contributed by atoms with Crippen molar-refractivity contribution in [1.29, 1.82) is 0 Å². The second kappa shape index (κ2) is 13.0. The summed E-state index contributed by atoms with van der Waals surface area (Å²) in [4.78, 5) is 16.2. The van der Waals surface area contributed by atoms with Crippen LogP contribution in [-0.2, 0) is 10.0 Å². The molecule has 232 valence electrons. The molecule has 0 atom stereocenters. The number of likely N-dealkylation sites (N-methyl/N-ethyl adjacent to an activating group) is 1. The van der Waals surface area contributed by atoms with Crippen LogP contribution in [0.3, 0.4) is 0 Å². The molecule has 0 saturated carbocycles. The zero-order valence-electron chi connectivity index (χ0n) is 25.0. The van der Waals surface area contributed by atoms with Gasteiger partial charge >= 0.3 is 0 Å². The average Bonchev–Trinajstić information content (AvgIpc) is 2.99. The summed E-state index contributed by atoms with van der Waals surface area (Å²) >= 11 is 6.43. The van der Waals surface area contributed by atoms with Gasteiger partial charge in [-0.2, -0.15) is 4.98 Å². The molecule has 43 heavy (non-hydrogen) atoms. The van der Waals surface area contributed by atoms with Crippen molar-refractivity contribution < 1.29 is 13.2 Å². The molecule has 0 spiro atoms. The molecule has 2 fully saturated rings. The first-order valence-corrected chi connectivity index (χ1v) is 16.5. The Bertz CT molecular complexity index is 1540. The maximum atomic E-state index is 12.2. The van der Waals surface area contributed by atoms with Crippen molar-refractivity contribution in [3.8, 4) is 5.75 Å². The minimum Gasteiger partial charge on any atom is -0.494 e. The van der Waals surface area contributed by atoms with Crippen molar-refractivity contribution in [2.45, 2.75) is 18.9 Å². The Hall–Kier alpha value is -3.52. The Morgan fingerprint density at radius 2 is 1.74 bits per heavy atom. The number of halogens is 1. The van der Waals surface area contributed by atoms with E-state index in [4.69, 9.17) is 22.1 Å². The first-order chi connectivity index (χ1) is 20.5. The monoisotopic (exact) mass is 629 g/mol. The number of nitrogens with one attached hydrogen (secondary N) is 2. The Morgan fingerprint density at radius 3 is 2.42 bits per heavy atom. The van der Waals surface area contributed by atoms with Gasteiger partial charge in [0, 0.05) is 58.4 Å². The van der Waals surface area contributed by atoms with Crippen molar-refractivity contribution in [2.75, 3.05) is 92.3 Å². The predicted molar refractivity (Wildman–Crippen MR) is 175 cm³/mol. The van der Waals surface area contributed by atoms with Crippen molar-refractivity contribution in [3.05, 3.63) is 47.6 Å². The smallest absolute Gasteiger partial charge is 0.232 e. The molecule has 0 aliphatic carbocycles. The lowest BCUT2D eigenvalue weighted by Gasteiger charge is -2.42. The average molecular weight is 630 g/mol. The van der Waals surface area contributed by atoms with Gasteiger partial charge in [-0.05, 0) is 38.1 Å². The highest BCUT2D eigenvalue weighted by Gasteiger charge is 2.28. The molecule has 2 aromatic carbocycles. The van der Waals surface area contributed by atoms with Gasteiger partial charge < -0.3 is 30.9 Å². The highest BCUT2D eigenvalue weighted by Crippen LogP contribution is 2.38. The molecule has 2 aliphatic rings. The molecular formula is C29H40ClN9O3S. The van der Waals surface area contributed by atoms with E-state index < -0.39 is 10.0 Å². The molecule has 0 radical (unpaired) electrons. The first kappa shape index (κ1) is 30.9. The molecule has 1 aromatic heterocycles. The summed E-state index contributed by atoms with van der Waals surface area (Å²) in [6.45, 7) is 6.38. The van der Waals surface area contributed by atoms with Crippen LogP contribution in [0.25, 0.3) is 0 Å². The molecule has 0 unspecified atom stereocenters. The molecule has 0 bridgehead atoms. The number of hydrogen-bond acceptors (Lipinski definition) is 11. The largest absolute Gasteiger partial charge is 0.494 e. The number of nitrogens with two attached hydrogens (primary N) is 1. The van der Waals surface area contributed by atoms with E-state index in [0.717, 1.165) is 64.1 Å². The van der Waals surface area contributed by atoms with Crippen LogP contribution in [0.1, 0.15) is 12.8 Å². The van der Waals surface area contributed by atoms with Gasteiger partial charge in [0.05, 0.1) is 48.0 Å². The lowest BCUT2D eigenvalue weighted by molar-refractivity contribution is 0.0982. The number of benzene rings is 2. The molecular weight excluding hydrogens is 590 g/mol. The predicted octanol–water partition coefficient (Wildman–Crippen LogP) is 3.82. The van der Waals surface area contributed by atoms with Gasteiger partial charge in [-0.3, -0.25) is 9.21 Å². The van der Waals surface area contributed by atoms with E-state index in [2.05, 4.69) is 42.3 Å². The number of ether oxygens (including phenoxy) is 1. The number of aromatic nitrogens is 2. The summed E-state index contributed by atoms with van der Waals surface area (Å²) in [5.41, 5.74) is 9.74. The maximum Gasteiger partial charge on any atom is 0.232 e. The third-order valence-electron chi connectivity index (χ3n) is 8.19. The van der Waals surface area contributed by atoms with E-state index >= 15 is 0 Å². The lowest BCUT2D eigenvalue weighted by atomic mass is 10.0. The Labute approximate surface area is 258 Å². The fourth-order valence-corrected chi connectivity index (χ4v) is 6.24. The number of piperidine rings is 1. The summed E-state index contributed by atoms with van der Waals surface area (Å²) in [6, 6.07) is 11.4. The second-order valence-electron chi connectivity index (χ2n) is 11.1. The molecule has 3 heterocycles. The third-order valence-corrected chi connectivity index (χ3v) is 9.66. The fraction of sp³-hybridized carbons (Fsp3) is 0.448. The van der Waals surface area contributed by atoms with E-state index in [-0.39, 0.29) is 11.0 Å². The summed E-state index contributed by atoms with van der Waals surface area (Å²) in [5, 5.41) is 6.61. The van der Waals surface area contributed by atoms with Gasteiger partial charge in [0.25, 0.3) is 0 Å². The summed E-state index contributed by atoms with van der Waals surface area (Å²) in [6.07, 6.45) is 4.81. The third kappa shape index (κ3) is 7.18. The SMILES string of the molecule is COc1cc(N2CCC(N3CCN(C)CC3)CC2)c(N)cc1Nc1ncc(Cl)c(Nc2ccccc2N(C)S(C)(=O)=O)n1. The van der Waals surface area contributed by atoms with Gasteiger partial charge in [-0.1, -0.05) is 23.7 Å². The minimum atomic E-state index is -3.48. The maximum absolute atomic E-state index is 12.2. The molecule has 5 rings (SSSR count). The van der Waals surface area contributed by atoms with Crippen molar-refractivity contribution in [3.63, 3.8) is 0 Å². The standard InChI is InChI=1S/C29H40ClN9O3S/c1-36-13-15-38(16-14-36)20-9-11-39(12-10-20)26-18-27(42-3)24(17-22(26)31)34-29-32-19-21(30)28(35-29)33-23-7-5-6-8-25(23)37(2)43(4,40)41/h5-8,17-20H,9-16,31H2,1-4H3,(H2,32,33,34,35). The molecule has 14 heteroatoms. The number of nitrogens with zero attached hydrogens (tertiary/aromatic N) is 6. The number of para-hydroxylation sites is 2. The topological polar surface area (TPSA) is 132 Å². The number of hydrogen-bond donors (Lipinski definition) is 3. The van der Waals surface area contributed by atoms with E-state index in [1.54, 1.807) is 31.4 Å². The van der Waals surface area contributed by atoms with Crippen molar-refractivity contribution in [1.82, 2.24) is 19.8 Å². The van der Waals surface area contributed by atoms with Gasteiger partial charge in [0.2, 0.25) is 16.0 Å². The van der Waals surface area contributed by atoms with E-state index in [1.165, 1.54) is 17.5 Å². The fourth-order valence-electron chi connectivity index (χ4n) is 5.58. The normalized spacial score (nSPS) is 17.1. The molecule has 12 nitrogen and oxygen atoms in total. The van der Waals surface area contributed by atoms with Gasteiger partial charge in [-0.25, -0.2) is 13.4 Å². The van der Waals surface area contributed by atoms with E-state index in [1.807, 2.05) is 12.1 Å². The zero-order chi connectivity index (χ0) is 30.7. The number of rotatable bonds is 9. The number of nitrogen functional groups attached to an aromatic ring is 1. The van der Waals surface area contributed by atoms with E-state index in [0.29, 0.717) is 40.4 Å². The lowest BCUT2D eigenvalue weighted by Crippen LogP contribution is -2.52. The van der Waals surface area contributed by atoms with Gasteiger partial charge in [0.1, 0.15) is 10.8 Å². The number of piperazine rings is 1. The molecule has 2 saturated heterocycles. The Kier molecular flexibility index (Phi) is 9.35. The van der Waals surface area contributed by atoms with Crippen molar-refractivity contribution >= 4 is 61.8 Å². The van der Waals surface area contributed by atoms with Crippen LogP contribution in [-0.4, -0.2) is 101 Å². The summed E-state index contributed by atoms with van der Waals surface area (Å²) < 4.78 is 31.3.